The Labute approximate surface area is 106 Å². The topological polar surface area (TPSA) is 82.2 Å². The van der Waals surface area contributed by atoms with Crippen LogP contribution in [0, 0.1) is 0 Å². The van der Waals surface area contributed by atoms with Gasteiger partial charge in [-0.05, 0) is 0 Å². The molecule has 0 spiro atoms. The minimum atomic E-state index is -4.79. The first-order valence-electron chi connectivity index (χ1n) is 5.26. The molecule has 1 aliphatic heterocycles. The van der Waals surface area contributed by atoms with Crippen LogP contribution >= 0.6 is 0 Å². The summed E-state index contributed by atoms with van der Waals surface area (Å²) in [5.74, 6) is 0. The Hall–Kier alpha value is -1.68. The Kier molecular flexibility index (Phi) is 2.48. The van der Waals surface area contributed by atoms with Gasteiger partial charge in [-0.1, -0.05) is 0 Å². The molecule has 3 rings (SSSR count). The number of rotatable bonds is 2. The maximum absolute atomic E-state index is 11.1. The average molecular weight is 304 g/mol. The Morgan fingerprint density at radius 2 is 1.67 bits per heavy atom. The summed E-state index contributed by atoms with van der Waals surface area (Å²) < 4.78 is 29.4. The Morgan fingerprint density at radius 1 is 0.944 bits per heavy atom. The van der Waals surface area contributed by atoms with E-state index in [1.807, 2.05) is 18.2 Å². The van der Waals surface area contributed by atoms with Crippen molar-refractivity contribution in [1.82, 2.24) is 0 Å². The van der Waals surface area contributed by atoms with Crippen LogP contribution in [0.15, 0.2) is 52.7 Å². The van der Waals surface area contributed by atoms with Gasteiger partial charge in [0.1, 0.15) is 0 Å². The van der Waals surface area contributed by atoms with Gasteiger partial charge in [0, 0.05) is 0 Å². The van der Waals surface area contributed by atoms with Crippen molar-refractivity contribution in [2.24, 2.45) is 10.2 Å². The van der Waals surface area contributed by atoms with Crippen LogP contribution in [0.5, 0.6) is 0 Å². The molecule has 6 heteroatoms. The van der Waals surface area contributed by atoms with Gasteiger partial charge < -0.3 is 0 Å². The molecule has 0 aliphatic carbocycles. The fraction of sp³-hybridized carbons (Fsp3) is 0. The minimum absolute atomic E-state index is 0.0755. The van der Waals surface area contributed by atoms with E-state index in [1.165, 1.54) is 12.1 Å². The molecule has 18 heavy (non-hydrogen) atoms. The van der Waals surface area contributed by atoms with Gasteiger partial charge in [-0.2, -0.15) is 0 Å². The van der Waals surface area contributed by atoms with E-state index in [0.717, 1.165) is 22.5 Å². The van der Waals surface area contributed by atoms with Crippen molar-refractivity contribution >= 4 is 29.9 Å². The fourth-order valence-electron chi connectivity index (χ4n) is 1.86. The summed E-state index contributed by atoms with van der Waals surface area (Å²) in [4.78, 5) is 0. The Bertz CT molecular complexity index is 689. The van der Waals surface area contributed by atoms with Gasteiger partial charge >= 0.3 is 106 Å². The zero-order valence-corrected chi connectivity index (χ0v) is 11.1. The van der Waals surface area contributed by atoms with Crippen LogP contribution in [-0.4, -0.2) is 22.4 Å². The normalized spacial score (nSPS) is 13.0. The quantitative estimate of drug-likeness (QED) is 0.706. The van der Waals surface area contributed by atoms with Crippen molar-refractivity contribution in [2.75, 3.05) is 0 Å². The fourth-order valence-corrected chi connectivity index (χ4v) is 2.98. The molecule has 5 nitrogen and oxygen atoms in total. The molecule has 0 radical (unpaired) electrons. The molecular weight excluding hydrogens is 295 g/mol. The first kappa shape index (κ1) is 11.4. The SMILES string of the molecule is O=[As](O)(O)c1ccc(-c2ccc3cc2N=N3)cc1. The second-order valence-corrected chi connectivity index (χ2v) is 7.36. The summed E-state index contributed by atoms with van der Waals surface area (Å²) in [5.41, 5.74) is 3.38. The van der Waals surface area contributed by atoms with Crippen molar-refractivity contribution in [2.45, 2.75) is 0 Å². The summed E-state index contributed by atoms with van der Waals surface area (Å²) >= 11 is -4.79. The van der Waals surface area contributed by atoms with E-state index in [9.17, 15) is 3.74 Å². The van der Waals surface area contributed by atoms with Crippen LogP contribution in [0.4, 0.5) is 11.4 Å². The van der Waals surface area contributed by atoms with Crippen molar-refractivity contribution in [3.8, 4) is 11.1 Å². The molecule has 1 aliphatic rings. The van der Waals surface area contributed by atoms with Crippen LogP contribution < -0.4 is 4.35 Å². The van der Waals surface area contributed by atoms with E-state index in [2.05, 4.69) is 10.2 Å². The molecule has 2 aromatic carbocycles. The first-order valence-corrected chi connectivity index (χ1v) is 8.65. The molecule has 2 bridgehead atoms. The van der Waals surface area contributed by atoms with Crippen LogP contribution in [0.1, 0.15) is 0 Å². The third kappa shape index (κ3) is 1.93. The van der Waals surface area contributed by atoms with Gasteiger partial charge in [0.25, 0.3) is 0 Å². The molecule has 0 atom stereocenters. The number of fused-ring (bicyclic) bond motifs is 2. The van der Waals surface area contributed by atoms with E-state index in [-0.39, 0.29) is 4.35 Å². The molecular formula is C12H9AsN2O3. The monoisotopic (exact) mass is 304 g/mol. The van der Waals surface area contributed by atoms with Crippen LogP contribution in [-0.2, 0) is 3.74 Å². The molecule has 0 unspecified atom stereocenters. The summed E-state index contributed by atoms with van der Waals surface area (Å²) in [6.45, 7) is 0. The molecule has 0 saturated heterocycles. The van der Waals surface area contributed by atoms with E-state index in [1.54, 1.807) is 12.1 Å². The predicted octanol–water partition coefficient (Wildman–Crippen LogP) is 1.64. The van der Waals surface area contributed by atoms with Crippen molar-refractivity contribution in [3.05, 3.63) is 42.5 Å². The van der Waals surface area contributed by atoms with Crippen LogP contribution in [0.3, 0.4) is 0 Å². The van der Waals surface area contributed by atoms with Gasteiger partial charge in [-0.15, -0.1) is 0 Å². The van der Waals surface area contributed by atoms with Gasteiger partial charge in [-0.25, -0.2) is 0 Å². The van der Waals surface area contributed by atoms with Crippen molar-refractivity contribution in [3.63, 3.8) is 0 Å². The standard InChI is InChI=1S/C12H9AsN2O3/c16-13(17,18)9-3-1-8(2-4-9)11-6-5-10-7-12(11)15-14-10/h1-7H,(H2,16,17,18). The van der Waals surface area contributed by atoms with Gasteiger partial charge in [0.2, 0.25) is 0 Å². The van der Waals surface area contributed by atoms with Crippen LogP contribution in [0.25, 0.3) is 11.1 Å². The number of nitrogens with zero attached hydrogens (tertiary/aromatic N) is 2. The number of hydrogen-bond donors (Lipinski definition) is 2. The molecule has 2 aromatic rings. The second-order valence-electron chi connectivity index (χ2n) is 3.99. The summed E-state index contributed by atoms with van der Waals surface area (Å²) in [6.07, 6.45) is 0. The van der Waals surface area contributed by atoms with Gasteiger partial charge in [-0.3, -0.25) is 0 Å². The molecule has 2 N–H and O–H groups in total. The molecule has 1 heterocycles. The zero-order valence-electron chi connectivity index (χ0n) is 9.19. The van der Waals surface area contributed by atoms with Gasteiger partial charge in [0.15, 0.2) is 0 Å². The predicted molar refractivity (Wildman–Crippen MR) is 66.6 cm³/mol. The molecule has 0 aromatic heterocycles. The maximum atomic E-state index is 11.1. The van der Waals surface area contributed by atoms with Gasteiger partial charge in [0.05, 0.1) is 0 Å². The van der Waals surface area contributed by atoms with E-state index < -0.39 is 14.2 Å². The van der Waals surface area contributed by atoms with E-state index in [0.29, 0.717) is 0 Å². The molecule has 0 amide bonds. The Balaban J connectivity index is 2.05. The second kappa shape index (κ2) is 3.92. The molecule has 0 saturated carbocycles. The summed E-state index contributed by atoms with van der Waals surface area (Å²) in [5, 5.41) is 7.98. The Morgan fingerprint density at radius 3 is 2.33 bits per heavy atom. The number of azo groups is 1. The zero-order chi connectivity index (χ0) is 12.8. The van der Waals surface area contributed by atoms with E-state index >= 15 is 0 Å². The van der Waals surface area contributed by atoms with Crippen molar-refractivity contribution in [1.29, 1.82) is 0 Å². The summed E-state index contributed by atoms with van der Waals surface area (Å²) in [6, 6.07) is 11.9. The summed E-state index contributed by atoms with van der Waals surface area (Å²) in [7, 11) is 0. The number of benzene rings is 2. The molecule has 0 fully saturated rings. The average Bonchev–Trinajstić information content (AvgIpc) is 2.71. The van der Waals surface area contributed by atoms with Crippen molar-refractivity contribution < 1.29 is 11.9 Å². The molecule has 90 valence electrons. The van der Waals surface area contributed by atoms with Crippen LogP contribution in [0.2, 0.25) is 0 Å². The van der Waals surface area contributed by atoms with E-state index in [4.69, 9.17) is 8.19 Å². The first-order chi connectivity index (χ1) is 8.54. The third-order valence-electron chi connectivity index (χ3n) is 2.77. The number of hydrogen-bond acceptors (Lipinski definition) is 3. The third-order valence-corrected chi connectivity index (χ3v) is 4.81.